The molecule has 106 valence electrons. The van der Waals surface area contributed by atoms with Gasteiger partial charge in [0.2, 0.25) is 0 Å². The van der Waals surface area contributed by atoms with Crippen LogP contribution in [0.25, 0.3) is 10.8 Å². The number of hydrogen-bond acceptors (Lipinski definition) is 1. The molecule has 0 saturated heterocycles. The molecule has 0 aliphatic heterocycles. The van der Waals surface area contributed by atoms with Gasteiger partial charge < -0.3 is 5.73 Å². The molecule has 0 aliphatic rings. The van der Waals surface area contributed by atoms with Crippen LogP contribution in [0.4, 0.5) is 0 Å². The Morgan fingerprint density at radius 1 is 0.810 bits per heavy atom. The van der Waals surface area contributed by atoms with Gasteiger partial charge in [-0.3, -0.25) is 0 Å². The Hall–Kier alpha value is -2.12. The maximum atomic E-state index is 6.47. The molecule has 2 atom stereocenters. The second-order valence-electron chi connectivity index (χ2n) is 5.71. The van der Waals surface area contributed by atoms with E-state index < -0.39 is 0 Å². The van der Waals surface area contributed by atoms with Crippen LogP contribution in [0.3, 0.4) is 0 Å². The van der Waals surface area contributed by atoms with Crippen LogP contribution < -0.4 is 5.73 Å². The van der Waals surface area contributed by atoms with Crippen LogP contribution in [0, 0.1) is 0 Å². The Labute approximate surface area is 126 Å². The lowest BCUT2D eigenvalue weighted by Gasteiger charge is -2.21. The van der Waals surface area contributed by atoms with Crippen molar-refractivity contribution in [2.75, 3.05) is 0 Å². The van der Waals surface area contributed by atoms with Crippen LogP contribution in [0.2, 0.25) is 0 Å². The van der Waals surface area contributed by atoms with Crippen LogP contribution in [0.15, 0.2) is 72.8 Å². The van der Waals surface area contributed by atoms with Gasteiger partial charge in [-0.05, 0) is 34.2 Å². The minimum atomic E-state index is 0.123. The summed E-state index contributed by atoms with van der Waals surface area (Å²) in [6.07, 6.45) is 0.900. The number of hydrogen-bond donors (Lipinski definition) is 1. The van der Waals surface area contributed by atoms with Gasteiger partial charge in [0.05, 0.1) is 0 Å². The molecular formula is C20H21N. The van der Waals surface area contributed by atoms with Gasteiger partial charge in [-0.2, -0.15) is 0 Å². The average Bonchev–Trinajstić information content (AvgIpc) is 2.55. The van der Waals surface area contributed by atoms with E-state index in [0.29, 0.717) is 5.92 Å². The van der Waals surface area contributed by atoms with E-state index in [4.69, 9.17) is 5.73 Å². The SMILES string of the molecule is CC(c1ccccc1)C(N)Cc1cccc2ccccc12. The van der Waals surface area contributed by atoms with Gasteiger partial charge in [0, 0.05) is 6.04 Å². The van der Waals surface area contributed by atoms with Crippen LogP contribution in [0.5, 0.6) is 0 Å². The van der Waals surface area contributed by atoms with Crippen molar-refractivity contribution in [1.82, 2.24) is 0 Å². The summed E-state index contributed by atoms with van der Waals surface area (Å²) in [4.78, 5) is 0. The Morgan fingerprint density at radius 3 is 2.29 bits per heavy atom. The summed E-state index contributed by atoms with van der Waals surface area (Å²) in [6, 6.07) is 25.6. The fraction of sp³-hybridized carbons (Fsp3) is 0.200. The first-order valence-electron chi connectivity index (χ1n) is 7.53. The zero-order valence-electron chi connectivity index (χ0n) is 12.4. The molecular weight excluding hydrogens is 254 g/mol. The highest BCUT2D eigenvalue weighted by Crippen LogP contribution is 2.24. The zero-order valence-corrected chi connectivity index (χ0v) is 12.4. The molecule has 0 aliphatic carbocycles. The van der Waals surface area contributed by atoms with Crippen LogP contribution >= 0.6 is 0 Å². The summed E-state index contributed by atoms with van der Waals surface area (Å²) in [6.45, 7) is 2.21. The third kappa shape index (κ3) is 2.98. The van der Waals surface area contributed by atoms with E-state index >= 15 is 0 Å². The largest absolute Gasteiger partial charge is 0.327 e. The average molecular weight is 275 g/mol. The molecule has 0 spiro atoms. The van der Waals surface area contributed by atoms with Crippen molar-refractivity contribution >= 4 is 10.8 Å². The van der Waals surface area contributed by atoms with E-state index in [1.165, 1.54) is 21.9 Å². The van der Waals surface area contributed by atoms with Crippen molar-refractivity contribution < 1.29 is 0 Å². The van der Waals surface area contributed by atoms with Crippen molar-refractivity contribution in [3.05, 3.63) is 83.9 Å². The molecule has 0 fully saturated rings. The molecule has 0 aromatic heterocycles. The van der Waals surface area contributed by atoms with Crippen LogP contribution in [0.1, 0.15) is 24.0 Å². The molecule has 3 rings (SSSR count). The Morgan fingerprint density at radius 2 is 1.48 bits per heavy atom. The monoisotopic (exact) mass is 275 g/mol. The van der Waals surface area contributed by atoms with Gasteiger partial charge in [-0.1, -0.05) is 79.7 Å². The molecule has 0 saturated carbocycles. The van der Waals surface area contributed by atoms with Crippen LogP contribution in [-0.4, -0.2) is 6.04 Å². The van der Waals surface area contributed by atoms with E-state index in [0.717, 1.165) is 6.42 Å². The fourth-order valence-corrected chi connectivity index (χ4v) is 2.90. The second kappa shape index (κ2) is 6.11. The van der Waals surface area contributed by atoms with Gasteiger partial charge in [0.15, 0.2) is 0 Å². The summed E-state index contributed by atoms with van der Waals surface area (Å²) < 4.78 is 0. The van der Waals surface area contributed by atoms with E-state index in [-0.39, 0.29) is 6.04 Å². The summed E-state index contributed by atoms with van der Waals surface area (Å²) in [7, 11) is 0. The lowest BCUT2D eigenvalue weighted by atomic mass is 9.88. The first-order chi connectivity index (χ1) is 10.3. The van der Waals surface area contributed by atoms with Gasteiger partial charge in [0.25, 0.3) is 0 Å². The van der Waals surface area contributed by atoms with E-state index in [1.54, 1.807) is 0 Å². The normalized spacial score (nSPS) is 14.0. The standard InChI is InChI=1S/C20H21N/c1-15(16-8-3-2-4-9-16)20(21)14-18-12-7-11-17-10-5-6-13-19(17)18/h2-13,15,20H,14,21H2,1H3. The third-order valence-corrected chi connectivity index (χ3v) is 4.30. The summed E-state index contributed by atoms with van der Waals surface area (Å²) in [5, 5.41) is 2.60. The van der Waals surface area contributed by atoms with Crippen molar-refractivity contribution in [1.29, 1.82) is 0 Å². The van der Waals surface area contributed by atoms with E-state index in [9.17, 15) is 0 Å². The molecule has 0 bridgehead atoms. The predicted octanol–water partition coefficient (Wildman–Crippen LogP) is 4.51. The molecule has 3 aromatic rings. The maximum Gasteiger partial charge on any atom is 0.0146 e. The van der Waals surface area contributed by atoms with Crippen molar-refractivity contribution in [3.63, 3.8) is 0 Å². The number of fused-ring (bicyclic) bond motifs is 1. The summed E-state index contributed by atoms with van der Waals surface area (Å²) in [5.74, 6) is 0.352. The van der Waals surface area contributed by atoms with E-state index in [2.05, 4.69) is 73.7 Å². The smallest absolute Gasteiger partial charge is 0.0146 e. The Bertz CT molecular complexity index is 713. The van der Waals surface area contributed by atoms with Gasteiger partial charge in [-0.25, -0.2) is 0 Å². The quantitative estimate of drug-likeness (QED) is 0.744. The highest BCUT2D eigenvalue weighted by molar-refractivity contribution is 5.85. The van der Waals surface area contributed by atoms with Gasteiger partial charge >= 0.3 is 0 Å². The van der Waals surface area contributed by atoms with Gasteiger partial charge in [-0.15, -0.1) is 0 Å². The minimum absolute atomic E-state index is 0.123. The predicted molar refractivity (Wildman–Crippen MR) is 90.5 cm³/mol. The topological polar surface area (TPSA) is 26.0 Å². The van der Waals surface area contributed by atoms with Crippen molar-refractivity contribution in [2.24, 2.45) is 5.73 Å². The highest BCUT2D eigenvalue weighted by Gasteiger charge is 2.16. The first-order valence-corrected chi connectivity index (χ1v) is 7.53. The third-order valence-electron chi connectivity index (χ3n) is 4.30. The second-order valence-corrected chi connectivity index (χ2v) is 5.71. The molecule has 0 heterocycles. The molecule has 21 heavy (non-hydrogen) atoms. The first kappa shape index (κ1) is 13.8. The molecule has 0 amide bonds. The molecule has 2 N–H and O–H groups in total. The zero-order chi connectivity index (χ0) is 14.7. The van der Waals surface area contributed by atoms with Crippen molar-refractivity contribution in [2.45, 2.75) is 25.3 Å². The molecule has 3 aromatic carbocycles. The fourth-order valence-electron chi connectivity index (χ4n) is 2.90. The number of rotatable bonds is 4. The highest BCUT2D eigenvalue weighted by atomic mass is 14.6. The summed E-state index contributed by atoms with van der Waals surface area (Å²) in [5.41, 5.74) is 9.12. The lowest BCUT2D eigenvalue weighted by molar-refractivity contribution is 0.565. The molecule has 2 unspecified atom stereocenters. The summed E-state index contributed by atoms with van der Waals surface area (Å²) >= 11 is 0. The molecule has 1 nitrogen and oxygen atoms in total. The van der Waals surface area contributed by atoms with Crippen LogP contribution in [-0.2, 0) is 6.42 Å². The van der Waals surface area contributed by atoms with E-state index in [1.807, 2.05) is 6.07 Å². The lowest BCUT2D eigenvalue weighted by Crippen LogP contribution is -2.29. The molecule has 0 radical (unpaired) electrons. The Balaban J connectivity index is 1.85. The maximum absolute atomic E-state index is 6.47. The van der Waals surface area contributed by atoms with Gasteiger partial charge in [0.1, 0.15) is 0 Å². The Kier molecular flexibility index (Phi) is 4.03. The minimum Gasteiger partial charge on any atom is -0.327 e. The number of benzene rings is 3. The number of nitrogens with two attached hydrogens (primary N) is 1. The molecule has 1 heteroatoms. The van der Waals surface area contributed by atoms with Crippen molar-refractivity contribution in [3.8, 4) is 0 Å².